The normalized spacial score (nSPS) is 15.6. The molecule has 0 radical (unpaired) electrons. The Morgan fingerprint density at radius 3 is 2.72 bits per heavy atom. The molecule has 1 fully saturated rings. The van der Waals surface area contributed by atoms with Crippen LogP contribution in [0.2, 0.25) is 0 Å². The summed E-state index contributed by atoms with van der Waals surface area (Å²) in [6.45, 7) is 2.97. The highest BCUT2D eigenvalue weighted by molar-refractivity contribution is 5.84. The fraction of sp³-hybridized carbons (Fsp3) is 0.381. The van der Waals surface area contributed by atoms with E-state index in [-0.39, 0.29) is 18.6 Å². The topological polar surface area (TPSA) is 41.6 Å². The van der Waals surface area contributed by atoms with E-state index >= 15 is 0 Å². The van der Waals surface area contributed by atoms with E-state index in [1.807, 2.05) is 36.4 Å². The van der Waals surface area contributed by atoms with Gasteiger partial charge in [-0.15, -0.1) is 12.3 Å². The minimum atomic E-state index is -0.0600. The summed E-state index contributed by atoms with van der Waals surface area (Å²) in [4.78, 5) is 14.5. The minimum absolute atomic E-state index is 0.0512. The number of hydrogen-bond donors (Lipinski definition) is 1. The maximum Gasteiger partial charge on any atom is 0.258 e. The molecule has 0 unspecified atom stereocenters. The van der Waals surface area contributed by atoms with Crippen molar-refractivity contribution in [3.05, 3.63) is 42.5 Å². The van der Waals surface area contributed by atoms with E-state index in [1.54, 1.807) is 0 Å². The van der Waals surface area contributed by atoms with Crippen LogP contribution in [-0.2, 0) is 4.79 Å². The van der Waals surface area contributed by atoms with Crippen LogP contribution in [0, 0.1) is 12.3 Å². The molecular formula is C21H24N2O2. The average Bonchev–Trinajstić information content (AvgIpc) is 2.65. The summed E-state index contributed by atoms with van der Waals surface area (Å²) in [6.07, 6.45) is 8.02. The first-order valence-electron chi connectivity index (χ1n) is 8.81. The second-order valence-corrected chi connectivity index (χ2v) is 6.44. The Labute approximate surface area is 149 Å². The van der Waals surface area contributed by atoms with E-state index in [0.717, 1.165) is 55.4 Å². The number of likely N-dealkylation sites (tertiary alicyclic amines) is 1. The highest BCUT2D eigenvalue weighted by atomic mass is 16.5. The number of nitrogens with one attached hydrogen (secondary N) is 1. The number of amides is 1. The molecule has 1 heterocycles. The predicted octanol–water partition coefficient (Wildman–Crippen LogP) is 2.82. The van der Waals surface area contributed by atoms with Crippen LogP contribution in [0.3, 0.4) is 0 Å². The average molecular weight is 336 g/mol. The smallest absolute Gasteiger partial charge is 0.258 e. The van der Waals surface area contributed by atoms with Gasteiger partial charge in [-0.2, -0.15) is 0 Å². The van der Waals surface area contributed by atoms with Gasteiger partial charge in [-0.25, -0.2) is 0 Å². The third-order valence-corrected chi connectivity index (χ3v) is 4.62. The summed E-state index contributed by atoms with van der Waals surface area (Å²) >= 11 is 0. The molecule has 0 bridgehead atoms. The van der Waals surface area contributed by atoms with Gasteiger partial charge in [-0.05, 0) is 35.7 Å². The Morgan fingerprint density at radius 2 is 1.96 bits per heavy atom. The molecule has 2 aromatic rings. The molecule has 3 rings (SSSR count). The van der Waals surface area contributed by atoms with Crippen LogP contribution >= 0.6 is 0 Å². The Morgan fingerprint density at radius 1 is 1.20 bits per heavy atom. The molecule has 4 heteroatoms. The largest absolute Gasteiger partial charge is 0.484 e. The van der Waals surface area contributed by atoms with Crippen LogP contribution in [0.4, 0.5) is 0 Å². The van der Waals surface area contributed by atoms with E-state index in [2.05, 4.69) is 22.2 Å². The first kappa shape index (κ1) is 17.3. The van der Waals surface area contributed by atoms with Crippen LogP contribution in [0.25, 0.3) is 10.8 Å². The van der Waals surface area contributed by atoms with Crippen molar-refractivity contribution in [1.82, 2.24) is 10.2 Å². The number of piperidine rings is 1. The number of nitrogens with zero attached hydrogens (tertiary/aromatic N) is 1. The van der Waals surface area contributed by atoms with Gasteiger partial charge >= 0.3 is 0 Å². The van der Waals surface area contributed by atoms with Gasteiger partial charge in [0.2, 0.25) is 0 Å². The standard InChI is InChI=1S/C21H24N2O2/c1-2-3-12-23-13-10-19(11-14-23)22-21(24)16-25-20-9-8-17-6-4-5-7-18(17)15-20/h1,4-9,15,19H,3,10-14,16H2,(H,22,24). The molecule has 4 nitrogen and oxygen atoms in total. The third-order valence-electron chi connectivity index (χ3n) is 4.62. The lowest BCUT2D eigenvalue weighted by molar-refractivity contribution is -0.124. The molecule has 0 saturated carbocycles. The molecule has 0 atom stereocenters. The molecule has 0 aliphatic carbocycles. The van der Waals surface area contributed by atoms with Gasteiger partial charge in [0.1, 0.15) is 5.75 Å². The fourth-order valence-corrected chi connectivity index (χ4v) is 3.20. The minimum Gasteiger partial charge on any atom is -0.484 e. The highest BCUT2D eigenvalue weighted by Gasteiger charge is 2.20. The van der Waals surface area contributed by atoms with Crippen LogP contribution in [-0.4, -0.2) is 43.1 Å². The molecule has 0 aromatic heterocycles. The number of carbonyl (C=O) groups is 1. The van der Waals surface area contributed by atoms with Crippen molar-refractivity contribution in [2.24, 2.45) is 0 Å². The van der Waals surface area contributed by atoms with Crippen LogP contribution in [0.1, 0.15) is 19.3 Å². The van der Waals surface area contributed by atoms with Gasteiger partial charge in [-0.1, -0.05) is 30.3 Å². The van der Waals surface area contributed by atoms with E-state index in [0.29, 0.717) is 0 Å². The summed E-state index contributed by atoms with van der Waals surface area (Å²) in [5.74, 6) is 3.33. The van der Waals surface area contributed by atoms with E-state index in [9.17, 15) is 4.79 Å². The van der Waals surface area contributed by atoms with Crippen molar-refractivity contribution < 1.29 is 9.53 Å². The number of benzene rings is 2. The molecular weight excluding hydrogens is 312 g/mol. The summed E-state index contributed by atoms with van der Waals surface area (Å²) < 4.78 is 5.65. The van der Waals surface area contributed by atoms with Crippen molar-refractivity contribution in [2.45, 2.75) is 25.3 Å². The lowest BCUT2D eigenvalue weighted by Crippen LogP contribution is -2.46. The Hall–Kier alpha value is -2.51. The number of hydrogen-bond acceptors (Lipinski definition) is 3. The number of rotatable bonds is 6. The second-order valence-electron chi connectivity index (χ2n) is 6.44. The van der Waals surface area contributed by atoms with Crippen LogP contribution < -0.4 is 10.1 Å². The first-order valence-corrected chi connectivity index (χ1v) is 8.81. The Kier molecular flexibility index (Phi) is 5.92. The van der Waals surface area contributed by atoms with Gasteiger partial charge in [0, 0.05) is 32.1 Å². The molecule has 0 spiro atoms. The first-order chi connectivity index (χ1) is 12.2. The second kappa shape index (κ2) is 8.55. The number of terminal acetylenes is 1. The molecule has 1 amide bonds. The van der Waals surface area contributed by atoms with Gasteiger partial charge in [0.15, 0.2) is 6.61 Å². The zero-order valence-corrected chi connectivity index (χ0v) is 14.4. The lowest BCUT2D eigenvalue weighted by Gasteiger charge is -2.31. The van der Waals surface area contributed by atoms with Crippen molar-refractivity contribution in [1.29, 1.82) is 0 Å². The summed E-state index contributed by atoms with van der Waals surface area (Å²) in [5.41, 5.74) is 0. The van der Waals surface area contributed by atoms with Crippen molar-refractivity contribution in [3.8, 4) is 18.1 Å². The van der Waals surface area contributed by atoms with Crippen LogP contribution in [0.15, 0.2) is 42.5 Å². The molecule has 2 aromatic carbocycles. The molecule has 1 N–H and O–H groups in total. The van der Waals surface area contributed by atoms with E-state index < -0.39 is 0 Å². The van der Waals surface area contributed by atoms with Gasteiger partial charge < -0.3 is 15.0 Å². The van der Waals surface area contributed by atoms with E-state index in [1.165, 1.54) is 0 Å². The van der Waals surface area contributed by atoms with Gasteiger partial charge in [0.25, 0.3) is 5.91 Å². The zero-order chi connectivity index (χ0) is 17.5. The molecule has 1 aliphatic heterocycles. The molecule has 1 aliphatic rings. The Bertz CT molecular complexity index is 758. The van der Waals surface area contributed by atoms with Crippen molar-refractivity contribution in [2.75, 3.05) is 26.2 Å². The third kappa shape index (κ3) is 4.98. The fourth-order valence-electron chi connectivity index (χ4n) is 3.20. The number of ether oxygens (including phenoxy) is 1. The quantitative estimate of drug-likeness (QED) is 0.825. The highest BCUT2D eigenvalue weighted by Crippen LogP contribution is 2.20. The van der Waals surface area contributed by atoms with Gasteiger partial charge in [0.05, 0.1) is 0 Å². The molecule has 130 valence electrons. The number of fused-ring (bicyclic) bond motifs is 1. The van der Waals surface area contributed by atoms with E-state index in [4.69, 9.17) is 11.2 Å². The molecule has 25 heavy (non-hydrogen) atoms. The van der Waals surface area contributed by atoms with Crippen molar-refractivity contribution >= 4 is 16.7 Å². The SMILES string of the molecule is C#CCCN1CCC(NC(=O)COc2ccc3ccccc3c2)CC1. The molecule has 1 saturated heterocycles. The maximum absolute atomic E-state index is 12.1. The maximum atomic E-state index is 12.1. The lowest BCUT2D eigenvalue weighted by atomic mass is 10.0. The predicted molar refractivity (Wildman–Crippen MR) is 100 cm³/mol. The number of carbonyl (C=O) groups excluding carboxylic acids is 1. The monoisotopic (exact) mass is 336 g/mol. The summed E-state index contributed by atoms with van der Waals surface area (Å²) in [7, 11) is 0. The summed E-state index contributed by atoms with van der Waals surface area (Å²) in [5, 5.41) is 5.35. The van der Waals surface area contributed by atoms with Crippen molar-refractivity contribution in [3.63, 3.8) is 0 Å². The zero-order valence-electron chi connectivity index (χ0n) is 14.4. The Balaban J connectivity index is 1.43. The van der Waals surface area contributed by atoms with Gasteiger partial charge in [-0.3, -0.25) is 4.79 Å². The summed E-state index contributed by atoms with van der Waals surface area (Å²) in [6, 6.07) is 14.2. The van der Waals surface area contributed by atoms with Crippen LogP contribution in [0.5, 0.6) is 5.75 Å².